The molecule has 0 aliphatic heterocycles. The average Bonchev–Trinajstić information content (AvgIpc) is 3.40. The Morgan fingerprint density at radius 3 is 2.21 bits per heavy atom. The molecule has 4 N–H and O–H groups in total. The van der Waals surface area contributed by atoms with Crippen LogP contribution in [-0.4, -0.2) is 49.2 Å². The molecule has 1 aromatic carbocycles. The molecule has 0 heterocycles. The fourth-order valence-corrected chi connectivity index (χ4v) is 9.36. The second-order valence-corrected chi connectivity index (χ2v) is 13.8. The number of hydrogen-bond acceptors (Lipinski definition) is 8. The summed E-state index contributed by atoms with van der Waals surface area (Å²) in [6.07, 6.45) is 4.22. The van der Waals surface area contributed by atoms with E-state index in [0.29, 0.717) is 12.0 Å². The molecule has 226 valence electrons. The molecule has 6 atom stereocenters. The van der Waals surface area contributed by atoms with Crippen molar-refractivity contribution in [2.24, 2.45) is 34.5 Å². The van der Waals surface area contributed by atoms with Gasteiger partial charge in [0.2, 0.25) is 5.78 Å². The molecule has 8 nitrogen and oxygen atoms in total. The predicted octanol–water partition coefficient (Wildman–Crippen LogP) is 5.52. The van der Waals surface area contributed by atoms with E-state index in [1.54, 1.807) is 39.8 Å². The van der Waals surface area contributed by atoms with E-state index in [0.717, 1.165) is 32.6 Å². The number of aliphatic hydroxyl groups excluding tert-OH is 2. The Morgan fingerprint density at radius 1 is 1.02 bits per heavy atom. The molecule has 4 aliphatic carbocycles. The van der Waals surface area contributed by atoms with E-state index >= 15 is 0 Å². The number of Topliss-reactive ketones (excluding diaryl/α,β-unsaturated/α-hetero) is 4. The summed E-state index contributed by atoms with van der Waals surface area (Å²) in [5, 5.41) is 46.7. The fourth-order valence-electron chi connectivity index (χ4n) is 9.36. The lowest BCUT2D eigenvalue weighted by molar-refractivity contribution is -0.199. The van der Waals surface area contributed by atoms with Crippen molar-refractivity contribution in [2.75, 3.05) is 0 Å². The van der Waals surface area contributed by atoms with Gasteiger partial charge in [0.05, 0.1) is 5.56 Å². The maximum absolute atomic E-state index is 14.7. The van der Waals surface area contributed by atoms with Crippen molar-refractivity contribution in [3.63, 3.8) is 0 Å². The van der Waals surface area contributed by atoms with E-state index in [1.165, 1.54) is 6.07 Å². The van der Waals surface area contributed by atoms with Gasteiger partial charge in [-0.05, 0) is 42.2 Å². The van der Waals surface area contributed by atoms with Crippen molar-refractivity contribution in [2.45, 2.75) is 91.6 Å². The van der Waals surface area contributed by atoms with Crippen molar-refractivity contribution in [1.29, 1.82) is 0 Å². The van der Waals surface area contributed by atoms with Gasteiger partial charge in [0.25, 0.3) is 0 Å². The van der Waals surface area contributed by atoms with Crippen molar-refractivity contribution in [3.8, 4) is 5.75 Å². The summed E-state index contributed by atoms with van der Waals surface area (Å²) in [5.74, 6) is -7.15. The topological polar surface area (TPSA) is 149 Å². The summed E-state index contributed by atoms with van der Waals surface area (Å²) < 4.78 is 0. The molecule has 42 heavy (non-hydrogen) atoms. The second kappa shape index (κ2) is 9.90. The van der Waals surface area contributed by atoms with Gasteiger partial charge in [-0.15, -0.1) is 0 Å². The SMILES string of the molecule is CC(=O)C1=C(O)[C@]2(O)C(=O)C3=C(O)c4c(O)cccc4[C@@H](C)[C@]3(C)[C@@H](CC(=O)CC3CCCC3)[C@]2(C)C(C(C)C)C1=O. The Morgan fingerprint density at radius 2 is 1.64 bits per heavy atom. The Kier molecular flexibility index (Phi) is 7.12. The number of carbonyl (C=O) groups is 4. The smallest absolute Gasteiger partial charge is 0.203 e. The number of carbonyl (C=O) groups excluding carboxylic acids is 4. The van der Waals surface area contributed by atoms with Crippen LogP contribution in [0, 0.1) is 34.5 Å². The van der Waals surface area contributed by atoms with Gasteiger partial charge < -0.3 is 20.4 Å². The molecular formula is C34H42O8. The molecule has 0 amide bonds. The molecule has 0 saturated heterocycles. The number of hydrogen-bond donors (Lipinski definition) is 4. The van der Waals surface area contributed by atoms with Crippen LogP contribution in [-0.2, 0) is 19.2 Å². The third-order valence-corrected chi connectivity index (χ3v) is 11.4. The van der Waals surface area contributed by atoms with Crippen LogP contribution in [0.2, 0.25) is 0 Å². The number of benzene rings is 1. The fraction of sp³-hybridized carbons (Fsp3) is 0.588. The van der Waals surface area contributed by atoms with E-state index in [1.807, 2.05) is 6.92 Å². The number of phenolic OH excluding ortho intramolecular Hbond substituents is 1. The number of aliphatic hydroxyl groups is 3. The lowest BCUT2D eigenvalue weighted by Gasteiger charge is -2.65. The predicted molar refractivity (Wildman–Crippen MR) is 156 cm³/mol. The minimum atomic E-state index is -2.78. The van der Waals surface area contributed by atoms with Gasteiger partial charge in [0, 0.05) is 35.2 Å². The maximum Gasteiger partial charge on any atom is 0.203 e. The number of aromatic hydroxyl groups is 1. The molecule has 8 heteroatoms. The quantitative estimate of drug-likeness (QED) is 0.323. The van der Waals surface area contributed by atoms with Crippen LogP contribution < -0.4 is 0 Å². The molecule has 0 aromatic heterocycles. The minimum absolute atomic E-state index is 0.0524. The van der Waals surface area contributed by atoms with Crippen molar-refractivity contribution in [3.05, 3.63) is 46.2 Å². The highest BCUT2D eigenvalue weighted by Crippen LogP contribution is 2.71. The van der Waals surface area contributed by atoms with Gasteiger partial charge in [-0.1, -0.05) is 72.4 Å². The molecule has 0 spiro atoms. The van der Waals surface area contributed by atoms with Crippen LogP contribution in [0.1, 0.15) is 97.1 Å². The first-order valence-electron chi connectivity index (χ1n) is 15.1. The summed E-state index contributed by atoms with van der Waals surface area (Å²) >= 11 is 0. The third-order valence-electron chi connectivity index (χ3n) is 11.4. The van der Waals surface area contributed by atoms with Crippen LogP contribution in [0.4, 0.5) is 0 Å². The van der Waals surface area contributed by atoms with Gasteiger partial charge in [-0.2, -0.15) is 0 Å². The van der Waals surface area contributed by atoms with Gasteiger partial charge >= 0.3 is 0 Å². The molecular weight excluding hydrogens is 536 g/mol. The highest BCUT2D eigenvalue weighted by molar-refractivity contribution is 6.24. The monoisotopic (exact) mass is 578 g/mol. The minimum Gasteiger partial charge on any atom is -0.508 e. The Labute approximate surface area is 246 Å². The van der Waals surface area contributed by atoms with Crippen LogP contribution in [0.25, 0.3) is 5.76 Å². The van der Waals surface area contributed by atoms with E-state index < -0.39 is 74.5 Å². The number of allylic oxidation sites excluding steroid dienone is 1. The molecule has 0 bridgehead atoms. The Hall–Kier alpha value is -3.26. The molecule has 0 radical (unpaired) electrons. The number of fused-ring (bicyclic) bond motifs is 3. The molecule has 1 aromatic rings. The molecule has 1 unspecified atom stereocenters. The first kappa shape index (κ1) is 30.2. The van der Waals surface area contributed by atoms with Crippen LogP contribution >= 0.6 is 0 Å². The summed E-state index contributed by atoms with van der Waals surface area (Å²) in [6, 6.07) is 4.78. The molecule has 5 rings (SSSR count). The lowest BCUT2D eigenvalue weighted by atomic mass is 9.37. The highest BCUT2D eigenvalue weighted by atomic mass is 16.3. The van der Waals surface area contributed by atoms with Gasteiger partial charge in [-0.3, -0.25) is 19.2 Å². The summed E-state index contributed by atoms with van der Waals surface area (Å²) in [7, 11) is 0. The zero-order valence-corrected chi connectivity index (χ0v) is 25.3. The van der Waals surface area contributed by atoms with Gasteiger partial charge in [0.1, 0.15) is 28.6 Å². The van der Waals surface area contributed by atoms with E-state index in [-0.39, 0.29) is 35.0 Å². The summed E-state index contributed by atoms with van der Waals surface area (Å²) in [5.41, 5.74) is -6.00. The standard InChI is InChI=1S/C34H42O8/c1-16(2)26-28(38)24(18(4)35)30(40)34(42)31(41)27-29(39)25-21(12-9-13-22(25)37)17(3)32(27,5)23(33(26,34)6)15-20(36)14-19-10-7-8-11-19/h9,12-13,16-17,19,23,26,37,39-40,42H,7-8,10-11,14-15H2,1-6H3/t17-,23-,26?,32-,33-,34+/m1/s1. The van der Waals surface area contributed by atoms with Crippen molar-refractivity contribution < 1.29 is 39.6 Å². The van der Waals surface area contributed by atoms with Gasteiger partial charge in [-0.25, -0.2) is 0 Å². The zero-order chi connectivity index (χ0) is 31.1. The Bertz CT molecular complexity index is 1460. The van der Waals surface area contributed by atoms with Crippen molar-refractivity contribution >= 4 is 28.9 Å². The maximum atomic E-state index is 14.7. The lowest BCUT2D eigenvalue weighted by Crippen LogP contribution is -2.73. The normalized spacial score (nSPS) is 34.9. The van der Waals surface area contributed by atoms with E-state index in [2.05, 4.69) is 0 Å². The average molecular weight is 579 g/mol. The summed E-state index contributed by atoms with van der Waals surface area (Å²) in [4.78, 5) is 55.4. The molecule has 2 saturated carbocycles. The van der Waals surface area contributed by atoms with E-state index in [4.69, 9.17) is 0 Å². The van der Waals surface area contributed by atoms with Gasteiger partial charge in [0.15, 0.2) is 17.2 Å². The number of rotatable bonds is 6. The first-order chi connectivity index (χ1) is 19.6. The molecule has 4 aliphatic rings. The first-order valence-corrected chi connectivity index (χ1v) is 15.1. The largest absolute Gasteiger partial charge is 0.508 e. The van der Waals surface area contributed by atoms with Crippen LogP contribution in [0.15, 0.2) is 35.1 Å². The van der Waals surface area contributed by atoms with Crippen LogP contribution in [0.3, 0.4) is 0 Å². The van der Waals surface area contributed by atoms with E-state index in [9.17, 15) is 39.6 Å². The zero-order valence-electron chi connectivity index (χ0n) is 25.3. The third kappa shape index (κ3) is 3.69. The Balaban J connectivity index is 1.86. The number of ketones is 4. The molecule has 2 fully saturated rings. The van der Waals surface area contributed by atoms with Crippen molar-refractivity contribution in [1.82, 2.24) is 0 Å². The number of phenols is 1. The van der Waals surface area contributed by atoms with Crippen LogP contribution in [0.5, 0.6) is 5.75 Å². The second-order valence-electron chi connectivity index (χ2n) is 13.8. The highest BCUT2D eigenvalue weighted by Gasteiger charge is 2.76. The summed E-state index contributed by atoms with van der Waals surface area (Å²) in [6.45, 7) is 9.83.